The van der Waals surface area contributed by atoms with E-state index in [1.807, 2.05) is 76.2 Å². The van der Waals surface area contributed by atoms with Gasteiger partial charge in [0.25, 0.3) is 11.8 Å². The van der Waals surface area contributed by atoms with Crippen LogP contribution >= 0.6 is 0 Å². The molecule has 0 aliphatic rings. The molecule has 0 saturated carbocycles. The summed E-state index contributed by atoms with van der Waals surface area (Å²) in [4.78, 5) is 24.0. The Labute approximate surface area is 172 Å². The van der Waals surface area contributed by atoms with Crippen molar-refractivity contribution in [3.8, 4) is 11.5 Å². The molecule has 29 heavy (non-hydrogen) atoms. The van der Waals surface area contributed by atoms with Crippen LogP contribution in [0.5, 0.6) is 11.5 Å². The van der Waals surface area contributed by atoms with Crippen molar-refractivity contribution >= 4 is 11.8 Å². The van der Waals surface area contributed by atoms with Gasteiger partial charge in [-0.2, -0.15) is 0 Å². The van der Waals surface area contributed by atoms with Crippen molar-refractivity contribution in [1.29, 1.82) is 0 Å². The highest BCUT2D eigenvalue weighted by molar-refractivity contribution is 5.78. The van der Waals surface area contributed by atoms with E-state index in [1.165, 1.54) is 0 Å². The maximum Gasteiger partial charge on any atom is 0.257 e. The number of hydrogen-bond acceptors (Lipinski definition) is 4. The molecule has 156 valence electrons. The first-order valence-electron chi connectivity index (χ1n) is 9.66. The Bertz CT molecular complexity index is 731. The Morgan fingerprint density at radius 3 is 1.41 bits per heavy atom. The van der Waals surface area contributed by atoms with Crippen molar-refractivity contribution in [2.75, 3.05) is 26.3 Å². The molecule has 0 spiro atoms. The van der Waals surface area contributed by atoms with E-state index in [2.05, 4.69) is 10.6 Å². The molecule has 0 unspecified atom stereocenters. The Morgan fingerprint density at radius 2 is 1.07 bits per heavy atom. The largest absolute Gasteiger partial charge is 0.484 e. The summed E-state index contributed by atoms with van der Waals surface area (Å²) < 4.78 is 10.9. The maximum absolute atomic E-state index is 12.0. The highest BCUT2D eigenvalue weighted by Gasteiger charge is 2.20. The van der Waals surface area contributed by atoms with E-state index in [1.54, 1.807) is 0 Å². The molecule has 6 nitrogen and oxygen atoms in total. The van der Waals surface area contributed by atoms with Crippen LogP contribution in [0.25, 0.3) is 0 Å². The Kier molecular flexibility index (Phi) is 8.07. The molecule has 0 atom stereocenters. The average molecular weight is 399 g/mol. The van der Waals surface area contributed by atoms with Gasteiger partial charge in [-0.05, 0) is 43.5 Å². The number of benzene rings is 2. The second-order valence-corrected chi connectivity index (χ2v) is 7.92. The molecule has 2 N–H and O–H groups in total. The molecular weight excluding hydrogens is 368 g/mol. The number of aryl methyl sites for hydroxylation is 2. The van der Waals surface area contributed by atoms with Crippen LogP contribution in [-0.4, -0.2) is 38.1 Å². The van der Waals surface area contributed by atoms with Crippen LogP contribution in [0.1, 0.15) is 25.0 Å². The molecule has 0 aliphatic heterocycles. The predicted molar refractivity (Wildman–Crippen MR) is 113 cm³/mol. The van der Waals surface area contributed by atoms with Crippen LogP contribution in [0.3, 0.4) is 0 Å². The van der Waals surface area contributed by atoms with E-state index in [0.29, 0.717) is 24.6 Å². The zero-order valence-electron chi connectivity index (χ0n) is 17.6. The van der Waals surface area contributed by atoms with Crippen molar-refractivity contribution in [1.82, 2.24) is 10.6 Å². The first kappa shape index (κ1) is 22.3. The molecule has 2 rings (SSSR count). The van der Waals surface area contributed by atoms with Crippen LogP contribution in [0, 0.1) is 19.3 Å². The van der Waals surface area contributed by atoms with Gasteiger partial charge in [-0.3, -0.25) is 9.59 Å². The first-order chi connectivity index (χ1) is 13.7. The number of carbonyl (C=O) groups excluding carboxylic acids is 2. The highest BCUT2D eigenvalue weighted by atomic mass is 16.5. The number of carbonyl (C=O) groups is 2. The average Bonchev–Trinajstić information content (AvgIpc) is 2.70. The molecule has 0 heterocycles. The lowest BCUT2D eigenvalue weighted by molar-refractivity contribution is -0.123. The third-order valence-corrected chi connectivity index (χ3v) is 4.31. The van der Waals surface area contributed by atoms with Gasteiger partial charge in [0.05, 0.1) is 0 Å². The minimum atomic E-state index is -0.307. The first-order valence-corrected chi connectivity index (χ1v) is 9.66. The summed E-state index contributed by atoms with van der Waals surface area (Å²) in [5.41, 5.74) is 1.96. The molecule has 6 heteroatoms. The molecule has 2 aromatic carbocycles. The lowest BCUT2D eigenvalue weighted by Crippen LogP contribution is -2.44. The zero-order chi connectivity index (χ0) is 21.3. The minimum absolute atomic E-state index is 0.0457. The Morgan fingerprint density at radius 1 is 0.724 bits per heavy atom. The molecule has 0 aliphatic carbocycles. The summed E-state index contributed by atoms with van der Waals surface area (Å²) in [5, 5.41) is 5.69. The molecule has 2 aromatic rings. The van der Waals surface area contributed by atoms with Gasteiger partial charge in [0.15, 0.2) is 13.2 Å². The van der Waals surface area contributed by atoms with Crippen LogP contribution in [0.15, 0.2) is 48.5 Å². The number of nitrogens with one attached hydrogen (secondary N) is 2. The molecule has 0 aromatic heterocycles. The predicted octanol–water partition coefficient (Wildman–Crippen LogP) is 3.02. The second-order valence-electron chi connectivity index (χ2n) is 7.92. The maximum atomic E-state index is 12.0. The van der Waals surface area contributed by atoms with Crippen molar-refractivity contribution in [3.05, 3.63) is 59.7 Å². The highest BCUT2D eigenvalue weighted by Crippen LogP contribution is 2.14. The van der Waals surface area contributed by atoms with Gasteiger partial charge in [0.1, 0.15) is 11.5 Å². The van der Waals surface area contributed by atoms with Crippen LogP contribution in [0.4, 0.5) is 0 Å². The fourth-order valence-corrected chi connectivity index (χ4v) is 2.41. The van der Waals surface area contributed by atoms with Crippen molar-refractivity contribution in [3.63, 3.8) is 0 Å². The quantitative estimate of drug-likeness (QED) is 0.645. The van der Waals surface area contributed by atoms with Crippen LogP contribution in [-0.2, 0) is 9.59 Å². The van der Waals surface area contributed by atoms with Crippen molar-refractivity contribution in [2.24, 2.45) is 5.41 Å². The normalized spacial score (nSPS) is 10.9. The molecule has 0 fully saturated rings. The van der Waals surface area contributed by atoms with E-state index in [9.17, 15) is 9.59 Å². The summed E-state index contributed by atoms with van der Waals surface area (Å²) >= 11 is 0. The summed E-state index contributed by atoms with van der Waals surface area (Å²) in [7, 11) is 0. The van der Waals surface area contributed by atoms with Crippen molar-refractivity contribution < 1.29 is 19.1 Å². The lowest BCUT2D eigenvalue weighted by atomic mass is 9.93. The zero-order valence-corrected chi connectivity index (χ0v) is 17.6. The van der Waals surface area contributed by atoms with Crippen LogP contribution < -0.4 is 20.1 Å². The third kappa shape index (κ3) is 8.68. The molecule has 2 amide bonds. The van der Waals surface area contributed by atoms with Gasteiger partial charge in [0, 0.05) is 13.1 Å². The molecule has 0 saturated heterocycles. The van der Waals surface area contributed by atoms with Crippen molar-refractivity contribution in [2.45, 2.75) is 27.7 Å². The van der Waals surface area contributed by atoms with E-state index in [4.69, 9.17) is 9.47 Å². The van der Waals surface area contributed by atoms with Gasteiger partial charge in [-0.15, -0.1) is 0 Å². The van der Waals surface area contributed by atoms with E-state index in [0.717, 1.165) is 11.1 Å². The van der Waals surface area contributed by atoms with Gasteiger partial charge in [-0.1, -0.05) is 49.2 Å². The monoisotopic (exact) mass is 398 g/mol. The number of hydrogen-bond donors (Lipinski definition) is 2. The van der Waals surface area contributed by atoms with Gasteiger partial charge >= 0.3 is 0 Å². The van der Waals surface area contributed by atoms with Gasteiger partial charge < -0.3 is 20.1 Å². The summed E-state index contributed by atoms with van der Waals surface area (Å²) in [5.74, 6) is 0.914. The van der Waals surface area contributed by atoms with E-state index in [-0.39, 0.29) is 30.4 Å². The topological polar surface area (TPSA) is 76.7 Å². The summed E-state index contributed by atoms with van der Waals surface area (Å²) in [6.45, 7) is 8.67. The van der Waals surface area contributed by atoms with Crippen LogP contribution in [0.2, 0.25) is 0 Å². The smallest absolute Gasteiger partial charge is 0.257 e. The van der Waals surface area contributed by atoms with E-state index < -0.39 is 0 Å². The Hall–Kier alpha value is -3.02. The van der Waals surface area contributed by atoms with E-state index >= 15 is 0 Å². The third-order valence-electron chi connectivity index (χ3n) is 4.31. The van der Waals surface area contributed by atoms with Gasteiger partial charge in [-0.25, -0.2) is 0 Å². The summed E-state index contributed by atoms with van der Waals surface area (Å²) in [6, 6.07) is 15.1. The summed E-state index contributed by atoms with van der Waals surface area (Å²) in [6.07, 6.45) is 0. The molecular formula is C23H30N2O4. The fourth-order valence-electron chi connectivity index (χ4n) is 2.41. The number of ether oxygens (including phenoxy) is 2. The molecule has 0 bridgehead atoms. The number of rotatable bonds is 10. The van der Waals surface area contributed by atoms with Gasteiger partial charge in [0.2, 0.25) is 0 Å². The fraction of sp³-hybridized carbons (Fsp3) is 0.391. The molecule has 0 radical (unpaired) electrons. The Balaban J connectivity index is 1.64. The lowest BCUT2D eigenvalue weighted by Gasteiger charge is -2.25. The second kappa shape index (κ2) is 10.5. The standard InChI is InChI=1S/C23H30N2O4/c1-17-5-9-19(10-6-17)28-13-21(26)24-15-23(3,4)16-25-22(27)14-29-20-11-7-18(2)8-12-20/h5-12H,13-16H2,1-4H3,(H,24,26)(H,25,27). The number of amides is 2. The SMILES string of the molecule is Cc1ccc(OCC(=O)NCC(C)(C)CNC(=O)COc2ccc(C)cc2)cc1. The minimum Gasteiger partial charge on any atom is -0.484 e.